The Bertz CT molecular complexity index is 1350. The zero-order valence-electron chi connectivity index (χ0n) is 19.3. The molecule has 1 fully saturated rings. The molecule has 0 radical (unpaired) electrons. The molecular formula is C25H28FN5O3S. The van der Waals surface area contributed by atoms with Gasteiger partial charge in [0.25, 0.3) is 5.91 Å². The number of rotatable bonds is 6. The zero-order valence-corrected chi connectivity index (χ0v) is 20.2. The smallest absolute Gasteiger partial charge is 0.255 e. The highest BCUT2D eigenvalue weighted by Gasteiger charge is 2.24. The third-order valence-corrected chi connectivity index (χ3v) is 8.18. The first-order valence-electron chi connectivity index (χ1n) is 12.1. The normalized spacial score (nSPS) is 16.6. The fourth-order valence-electron chi connectivity index (χ4n) is 4.79. The third kappa shape index (κ3) is 5.13. The number of aromatic nitrogens is 3. The minimum atomic E-state index is -3.75. The quantitative estimate of drug-likeness (QED) is 0.529. The number of nitrogens with one attached hydrogen (secondary N) is 2. The number of aryl methyl sites for hydroxylation is 1. The molecule has 0 atom stereocenters. The van der Waals surface area contributed by atoms with Crippen molar-refractivity contribution in [1.82, 2.24) is 19.5 Å². The van der Waals surface area contributed by atoms with E-state index in [9.17, 15) is 17.6 Å². The molecular weight excluding hydrogens is 469 g/mol. The van der Waals surface area contributed by atoms with Gasteiger partial charge in [0.15, 0.2) is 5.82 Å². The van der Waals surface area contributed by atoms with Crippen molar-refractivity contribution in [2.24, 2.45) is 0 Å². The molecule has 3 aromatic rings. The van der Waals surface area contributed by atoms with E-state index in [2.05, 4.69) is 24.8 Å². The van der Waals surface area contributed by atoms with Crippen LogP contribution in [0.4, 0.5) is 10.1 Å². The van der Waals surface area contributed by atoms with E-state index in [1.165, 1.54) is 36.4 Å². The van der Waals surface area contributed by atoms with Crippen LogP contribution in [0.25, 0.3) is 11.4 Å². The van der Waals surface area contributed by atoms with Crippen LogP contribution in [-0.4, -0.2) is 35.1 Å². The Morgan fingerprint density at radius 3 is 2.66 bits per heavy atom. The second-order valence-corrected chi connectivity index (χ2v) is 10.9. The second kappa shape index (κ2) is 9.87. The van der Waals surface area contributed by atoms with E-state index in [1.807, 2.05) is 0 Å². The first-order chi connectivity index (χ1) is 16.9. The molecule has 2 heterocycles. The van der Waals surface area contributed by atoms with E-state index in [0.29, 0.717) is 11.4 Å². The zero-order chi connectivity index (χ0) is 24.4. The van der Waals surface area contributed by atoms with Gasteiger partial charge in [0, 0.05) is 30.1 Å². The van der Waals surface area contributed by atoms with E-state index in [4.69, 9.17) is 0 Å². The van der Waals surface area contributed by atoms with Crippen LogP contribution in [0.3, 0.4) is 0 Å². The molecule has 1 amide bonds. The van der Waals surface area contributed by atoms with Crippen molar-refractivity contribution in [2.75, 3.05) is 5.32 Å². The average Bonchev–Trinajstić information content (AvgIpc) is 3.44. The van der Waals surface area contributed by atoms with Crippen LogP contribution in [0.2, 0.25) is 0 Å². The predicted octanol–water partition coefficient (Wildman–Crippen LogP) is 4.28. The van der Waals surface area contributed by atoms with Crippen molar-refractivity contribution < 1.29 is 17.6 Å². The summed E-state index contributed by atoms with van der Waals surface area (Å²) >= 11 is 0. The first kappa shape index (κ1) is 23.6. The highest BCUT2D eigenvalue weighted by atomic mass is 32.2. The highest BCUT2D eigenvalue weighted by Crippen LogP contribution is 2.27. The van der Waals surface area contributed by atoms with Gasteiger partial charge in [-0.2, -0.15) is 0 Å². The number of halogens is 1. The van der Waals surface area contributed by atoms with E-state index < -0.39 is 21.7 Å². The van der Waals surface area contributed by atoms with Gasteiger partial charge in [0.2, 0.25) is 10.0 Å². The summed E-state index contributed by atoms with van der Waals surface area (Å²) in [5.74, 6) is 0.364. The maximum absolute atomic E-state index is 14.6. The van der Waals surface area contributed by atoms with Gasteiger partial charge in [0.1, 0.15) is 11.6 Å². The standard InChI is InChI=1S/C25H28FN5O3S/c26-21-13-12-17(24-29-28-23-11-2-1-5-14-31(23)24)16-22(21)27-25(32)18-7-6-10-20(15-18)35(33,34)30-19-8-3-4-9-19/h6-7,10,12-13,15-16,19,30H,1-5,8-9,11,14H2,(H,27,32). The molecule has 184 valence electrons. The molecule has 5 rings (SSSR count). The molecule has 35 heavy (non-hydrogen) atoms. The number of nitrogens with zero attached hydrogens (tertiary/aromatic N) is 3. The fraction of sp³-hybridized carbons (Fsp3) is 0.400. The summed E-state index contributed by atoms with van der Waals surface area (Å²) in [5, 5.41) is 11.2. The highest BCUT2D eigenvalue weighted by molar-refractivity contribution is 7.89. The van der Waals surface area contributed by atoms with Crippen LogP contribution in [0.15, 0.2) is 47.4 Å². The maximum atomic E-state index is 14.6. The molecule has 1 aromatic heterocycles. The Kier molecular flexibility index (Phi) is 6.66. The van der Waals surface area contributed by atoms with Gasteiger partial charge in [-0.3, -0.25) is 4.79 Å². The van der Waals surface area contributed by atoms with Gasteiger partial charge in [-0.1, -0.05) is 25.3 Å². The maximum Gasteiger partial charge on any atom is 0.255 e. The summed E-state index contributed by atoms with van der Waals surface area (Å²) < 4.78 is 44.9. The molecule has 2 aromatic carbocycles. The lowest BCUT2D eigenvalue weighted by Gasteiger charge is -2.13. The Labute approximate surface area is 204 Å². The lowest BCUT2D eigenvalue weighted by atomic mass is 10.1. The number of hydrogen-bond donors (Lipinski definition) is 2. The molecule has 0 bridgehead atoms. The Balaban J connectivity index is 1.37. The van der Waals surface area contributed by atoms with Crippen molar-refractivity contribution >= 4 is 21.6 Å². The number of carbonyl (C=O) groups is 1. The van der Waals surface area contributed by atoms with Crippen LogP contribution in [0.1, 0.15) is 61.1 Å². The molecule has 2 aliphatic rings. The summed E-state index contributed by atoms with van der Waals surface area (Å²) in [4.78, 5) is 13.0. The van der Waals surface area contributed by atoms with Gasteiger partial charge in [-0.25, -0.2) is 17.5 Å². The topological polar surface area (TPSA) is 106 Å². The molecule has 0 unspecified atom stereocenters. The van der Waals surface area contributed by atoms with Crippen molar-refractivity contribution in [3.63, 3.8) is 0 Å². The molecule has 2 N–H and O–H groups in total. The van der Waals surface area contributed by atoms with Crippen LogP contribution in [0.5, 0.6) is 0 Å². The monoisotopic (exact) mass is 497 g/mol. The fourth-order valence-corrected chi connectivity index (χ4v) is 6.14. The van der Waals surface area contributed by atoms with E-state index in [-0.39, 0.29) is 22.2 Å². The lowest BCUT2D eigenvalue weighted by Crippen LogP contribution is -2.32. The molecule has 10 heteroatoms. The summed E-state index contributed by atoms with van der Waals surface area (Å²) in [6.07, 6.45) is 7.68. The van der Waals surface area contributed by atoms with E-state index >= 15 is 0 Å². The van der Waals surface area contributed by atoms with Crippen LogP contribution < -0.4 is 10.0 Å². The first-order valence-corrected chi connectivity index (χ1v) is 13.5. The van der Waals surface area contributed by atoms with Gasteiger partial charge >= 0.3 is 0 Å². The minimum absolute atomic E-state index is 0.00388. The largest absolute Gasteiger partial charge is 0.319 e. The summed E-state index contributed by atoms with van der Waals surface area (Å²) in [7, 11) is -3.75. The predicted molar refractivity (Wildman–Crippen MR) is 130 cm³/mol. The SMILES string of the molecule is O=C(Nc1cc(-c2nnc3n2CCCCC3)ccc1F)c1cccc(S(=O)(=O)NC2CCCC2)c1. The number of amides is 1. The van der Waals surface area contributed by atoms with Gasteiger partial charge in [-0.15, -0.1) is 10.2 Å². The summed E-state index contributed by atoms with van der Waals surface area (Å²) in [5.41, 5.74) is 0.774. The van der Waals surface area contributed by atoms with Crippen molar-refractivity contribution in [3.8, 4) is 11.4 Å². The molecule has 1 saturated carbocycles. The summed E-state index contributed by atoms with van der Waals surface area (Å²) in [6, 6.07) is 10.1. The number of carbonyl (C=O) groups excluding carboxylic acids is 1. The van der Waals surface area contributed by atoms with Gasteiger partial charge in [-0.05, 0) is 62.1 Å². The Morgan fingerprint density at radius 1 is 1.00 bits per heavy atom. The van der Waals surface area contributed by atoms with Crippen molar-refractivity contribution in [1.29, 1.82) is 0 Å². The number of hydrogen-bond acceptors (Lipinski definition) is 5. The number of benzene rings is 2. The van der Waals surface area contributed by atoms with Crippen LogP contribution in [0, 0.1) is 5.82 Å². The number of anilines is 1. The lowest BCUT2D eigenvalue weighted by molar-refractivity contribution is 0.102. The van der Waals surface area contributed by atoms with Crippen LogP contribution in [-0.2, 0) is 23.0 Å². The number of fused-ring (bicyclic) bond motifs is 1. The second-order valence-electron chi connectivity index (χ2n) is 9.18. The molecule has 8 nitrogen and oxygen atoms in total. The average molecular weight is 498 g/mol. The van der Waals surface area contributed by atoms with Crippen LogP contribution >= 0.6 is 0 Å². The molecule has 1 aliphatic carbocycles. The minimum Gasteiger partial charge on any atom is -0.319 e. The molecule has 0 spiro atoms. The number of sulfonamides is 1. The van der Waals surface area contributed by atoms with Crippen molar-refractivity contribution in [3.05, 3.63) is 59.7 Å². The van der Waals surface area contributed by atoms with E-state index in [0.717, 1.165) is 63.7 Å². The Hall–Kier alpha value is -3.11. The van der Waals surface area contributed by atoms with Crippen molar-refractivity contribution in [2.45, 2.75) is 68.8 Å². The van der Waals surface area contributed by atoms with Gasteiger partial charge in [0.05, 0.1) is 10.6 Å². The molecule has 1 aliphatic heterocycles. The molecule has 0 saturated heterocycles. The van der Waals surface area contributed by atoms with E-state index in [1.54, 1.807) is 6.07 Å². The third-order valence-electron chi connectivity index (χ3n) is 6.67. The van der Waals surface area contributed by atoms with Gasteiger partial charge < -0.3 is 9.88 Å². The Morgan fingerprint density at radius 2 is 1.83 bits per heavy atom. The summed E-state index contributed by atoms with van der Waals surface area (Å²) in [6.45, 7) is 0.799.